The van der Waals surface area contributed by atoms with Gasteiger partial charge in [-0.25, -0.2) is 0 Å². The molecular formula is C21H13ClF3NO2. The van der Waals surface area contributed by atoms with Crippen molar-refractivity contribution in [2.45, 2.75) is 6.18 Å². The Hall–Kier alpha value is -3.12. The van der Waals surface area contributed by atoms with Crippen LogP contribution >= 0.6 is 11.6 Å². The molecule has 0 heterocycles. The van der Waals surface area contributed by atoms with Gasteiger partial charge in [0.05, 0.1) is 21.1 Å². The first-order chi connectivity index (χ1) is 13.3. The summed E-state index contributed by atoms with van der Waals surface area (Å²) >= 11 is 5.68. The number of benzene rings is 3. The minimum absolute atomic E-state index is 0.00450. The Bertz CT molecular complexity index is 1030. The summed E-state index contributed by atoms with van der Waals surface area (Å²) in [5.74, 6) is 0. The van der Waals surface area contributed by atoms with E-state index in [9.17, 15) is 23.3 Å². The van der Waals surface area contributed by atoms with E-state index in [0.29, 0.717) is 6.07 Å². The van der Waals surface area contributed by atoms with Gasteiger partial charge >= 0.3 is 6.18 Å². The van der Waals surface area contributed by atoms with Gasteiger partial charge in [-0.2, -0.15) is 13.2 Å². The normalized spacial score (nSPS) is 11.7. The zero-order valence-electron chi connectivity index (χ0n) is 14.3. The Morgan fingerprint density at radius 1 is 0.893 bits per heavy atom. The van der Waals surface area contributed by atoms with Gasteiger partial charge in [-0.1, -0.05) is 72.3 Å². The summed E-state index contributed by atoms with van der Waals surface area (Å²) in [6.07, 6.45) is -1.81. The van der Waals surface area contributed by atoms with Crippen molar-refractivity contribution in [1.29, 1.82) is 0 Å². The van der Waals surface area contributed by atoms with Crippen molar-refractivity contribution >= 4 is 29.4 Å². The fourth-order valence-electron chi connectivity index (χ4n) is 2.69. The highest BCUT2D eigenvalue weighted by atomic mass is 35.5. The highest BCUT2D eigenvalue weighted by molar-refractivity contribution is 6.31. The molecule has 0 radical (unpaired) electrons. The van der Waals surface area contributed by atoms with Crippen LogP contribution < -0.4 is 0 Å². The van der Waals surface area contributed by atoms with E-state index in [0.717, 1.165) is 22.8 Å². The van der Waals surface area contributed by atoms with Crippen molar-refractivity contribution in [1.82, 2.24) is 0 Å². The molecule has 0 aliphatic rings. The second kappa shape index (κ2) is 7.86. The minimum atomic E-state index is -4.77. The minimum Gasteiger partial charge on any atom is -0.258 e. The maximum Gasteiger partial charge on any atom is 0.418 e. The SMILES string of the molecule is O=[N+]([O-])c1cc(C(F)(F)F)c(Cl)cc1/C=C/c1ccc(-c2ccccc2)cc1. The van der Waals surface area contributed by atoms with Crippen LogP contribution in [0, 0.1) is 10.1 Å². The molecule has 0 amide bonds. The predicted molar refractivity (Wildman–Crippen MR) is 104 cm³/mol. The van der Waals surface area contributed by atoms with Crippen LogP contribution in [0.1, 0.15) is 16.7 Å². The van der Waals surface area contributed by atoms with Gasteiger partial charge in [0.1, 0.15) is 0 Å². The zero-order valence-corrected chi connectivity index (χ0v) is 15.0. The summed E-state index contributed by atoms with van der Waals surface area (Å²) in [5, 5.41) is 10.6. The first-order valence-electron chi connectivity index (χ1n) is 8.14. The van der Waals surface area contributed by atoms with E-state index in [-0.39, 0.29) is 5.56 Å². The second-order valence-corrected chi connectivity index (χ2v) is 6.37. The Morgan fingerprint density at radius 2 is 1.50 bits per heavy atom. The molecule has 7 heteroatoms. The predicted octanol–water partition coefficient (Wildman–Crippen LogP) is 7.10. The fourth-order valence-corrected chi connectivity index (χ4v) is 2.97. The second-order valence-electron chi connectivity index (χ2n) is 5.97. The van der Waals surface area contributed by atoms with Crippen molar-refractivity contribution in [3.8, 4) is 11.1 Å². The number of hydrogen-bond acceptors (Lipinski definition) is 2. The molecule has 0 saturated carbocycles. The van der Waals surface area contributed by atoms with Gasteiger partial charge in [-0.3, -0.25) is 10.1 Å². The third-order valence-corrected chi connectivity index (χ3v) is 4.40. The highest BCUT2D eigenvalue weighted by Gasteiger charge is 2.35. The summed E-state index contributed by atoms with van der Waals surface area (Å²) in [7, 11) is 0. The lowest BCUT2D eigenvalue weighted by Crippen LogP contribution is -2.07. The molecule has 3 aromatic carbocycles. The number of nitro groups is 1. The summed E-state index contributed by atoms with van der Waals surface area (Å²) in [6, 6.07) is 18.5. The number of rotatable bonds is 4. The zero-order chi connectivity index (χ0) is 20.3. The quantitative estimate of drug-likeness (QED) is 0.265. The van der Waals surface area contributed by atoms with Crippen LogP contribution in [0.4, 0.5) is 18.9 Å². The smallest absolute Gasteiger partial charge is 0.258 e. The Balaban J connectivity index is 1.91. The molecule has 0 saturated heterocycles. The molecular weight excluding hydrogens is 391 g/mol. The molecule has 142 valence electrons. The molecule has 0 N–H and O–H groups in total. The summed E-state index contributed by atoms with van der Waals surface area (Å²) < 4.78 is 38.8. The maximum atomic E-state index is 12.9. The maximum absolute atomic E-state index is 12.9. The third kappa shape index (κ3) is 4.40. The number of nitrogens with zero attached hydrogens (tertiary/aromatic N) is 1. The van der Waals surface area contributed by atoms with Crippen LogP contribution in [0.5, 0.6) is 0 Å². The van der Waals surface area contributed by atoms with Gasteiger partial charge in [0, 0.05) is 6.07 Å². The molecule has 0 aliphatic heterocycles. The number of hydrogen-bond donors (Lipinski definition) is 0. The Morgan fingerprint density at radius 3 is 2.07 bits per heavy atom. The first kappa shape index (κ1) is 19.6. The topological polar surface area (TPSA) is 43.1 Å². The molecule has 0 spiro atoms. The highest BCUT2D eigenvalue weighted by Crippen LogP contribution is 2.39. The van der Waals surface area contributed by atoms with Crippen LogP contribution in [0.25, 0.3) is 23.3 Å². The average molecular weight is 404 g/mol. The average Bonchev–Trinajstić information content (AvgIpc) is 2.66. The Kier molecular flexibility index (Phi) is 5.51. The molecule has 0 fully saturated rings. The molecule has 0 bridgehead atoms. The van der Waals surface area contributed by atoms with E-state index in [1.807, 2.05) is 54.6 Å². The molecule has 0 aliphatic carbocycles. The van der Waals surface area contributed by atoms with Gasteiger partial charge in [0.2, 0.25) is 0 Å². The van der Waals surface area contributed by atoms with Gasteiger partial charge in [0.15, 0.2) is 0 Å². The monoisotopic (exact) mass is 403 g/mol. The number of alkyl halides is 3. The van der Waals surface area contributed by atoms with Gasteiger partial charge < -0.3 is 0 Å². The molecule has 3 nitrogen and oxygen atoms in total. The summed E-state index contributed by atoms with van der Waals surface area (Å²) in [4.78, 5) is 10.3. The molecule has 28 heavy (non-hydrogen) atoms. The standard InChI is InChI=1S/C21H13ClF3NO2/c22-19-12-17(20(26(27)28)13-18(19)21(23,24)25)11-8-14-6-9-16(10-7-14)15-4-2-1-3-5-15/h1-13H/b11-8+. The lowest BCUT2D eigenvalue weighted by Gasteiger charge is -2.10. The third-order valence-electron chi connectivity index (χ3n) is 4.09. The van der Waals surface area contributed by atoms with E-state index in [4.69, 9.17) is 11.6 Å². The van der Waals surface area contributed by atoms with Crippen LogP contribution in [0.2, 0.25) is 5.02 Å². The number of nitro benzene ring substituents is 1. The summed E-state index contributed by atoms with van der Waals surface area (Å²) in [6.45, 7) is 0. The molecule has 0 unspecified atom stereocenters. The fraction of sp³-hybridized carbons (Fsp3) is 0.0476. The van der Waals surface area contributed by atoms with Crippen molar-refractivity contribution in [3.63, 3.8) is 0 Å². The lowest BCUT2D eigenvalue weighted by molar-refractivity contribution is -0.385. The number of halogens is 4. The van der Waals surface area contributed by atoms with Gasteiger partial charge in [0.25, 0.3) is 5.69 Å². The summed E-state index contributed by atoms with van der Waals surface area (Å²) in [5.41, 5.74) is 0.892. The molecule has 3 rings (SSSR count). The van der Waals surface area contributed by atoms with E-state index < -0.39 is 27.4 Å². The first-order valence-corrected chi connectivity index (χ1v) is 8.52. The van der Waals surface area contributed by atoms with E-state index >= 15 is 0 Å². The molecule has 3 aromatic rings. The Labute approximate surface area is 163 Å². The van der Waals surface area contributed by atoms with Crippen LogP contribution in [-0.2, 0) is 6.18 Å². The molecule has 0 aromatic heterocycles. The van der Waals surface area contributed by atoms with E-state index in [1.54, 1.807) is 6.08 Å². The van der Waals surface area contributed by atoms with Crippen molar-refractivity contribution in [2.75, 3.05) is 0 Å². The lowest BCUT2D eigenvalue weighted by atomic mass is 10.0. The largest absolute Gasteiger partial charge is 0.418 e. The van der Waals surface area contributed by atoms with Crippen LogP contribution in [0.3, 0.4) is 0 Å². The van der Waals surface area contributed by atoms with E-state index in [1.165, 1.54) is 6.08 Å². The van der Waals surface area contributed by atoms with Crippen molar-refractivity contribution in [2.24, 2.45) is 0 Å². The van der Waals surface area contributed by atoms with Crippen molar-refractivity contribution < 1.29 is 18.1 Å². The van der Waals surface area contributed by atoms with Crippen LogP contribution in [-0.4, -0.2) is 4.92 Å². The van der Waals surface area contributed by atoms with Crippen molar-refractivity contribution in [3.05, 3.63) is 98.6 Å². The van der Waals surface area contributed by atoms with E-state index in [2.05, 4.69) is 0 Å². The van der Waals surface area contributed by atoms with Crippen LogP contribution in [0.15, 0.2) is 66.7 Å². The van der Waals surface area contributed by atoms with Gasteiger partial charge in [-0.15, -0.1) is 0 Å². The van der Waals surface area contributed by atoms with Gasteiger partial charge in [-0.05, 0) is 28.8 Å². The molecule has 0 atom stereocenters.